The third kappa shape index (κ3) is 9.41. The predicted molar refractivity (Wildman–Crippen MR) is 282 cm³/mol. The summed E-state index contributed by atoms with van der Waals surface area (Å²) in [5.74, 6) is 0.360. The fourth-order valence-corrected chi connectivity index (χ4v) is 8.60. The molecule has 0 fully saturated rings. The maximum absolute atomic E-state index is 12.6. The van der Waals surface area contributed by atoms with Gasteiger partial charge >= 0.3 is 0 Å². The van der Waals surface area contributed by atoms with E-state index < -0.39 is 60.7 Å². The van der Waals surface area contributed by atoms with E-state index in [0.29, 0.717) is 50.4 Å². The van der Waals surface area contributed by atoms with Crippen LogP contribution in [-0.4, -0.2) is 19.6 Å². The molecule has 0 atom stereocenters. The van der Waals surface area contributed by atoms with E-state index in [4.69, 9.17) is 18.7 Å². The summed E-state index contributed by atoms with van der Waals surface area (Å²) in [6.07, 6.45) is -0.563. The third-order valence-corrected chi connectivity index (χ3v) is 12.5. The van der Waals surface area contributed by atoms with Gasteiger partial charge in [0, 0.05) is 42.6 Å². The Morgan fingerprint density at radius 3 is 1.99 bits per heavy atom. The van der Waals surface area contributed by atoms with Crippen molar-refractivity contribution < 1.29 is 41.3 Å². The minimum absolute atomic E-state index is 0. The zero-order chi connectivity index (χ0) is 56.8. The molecular weight excluding hydrogens is 1010 g/mol. The molecule has 2 aromatic heterocycles. The van der Waals surface area contributed by atoms with Gasteiger partial charge in [-0.3, -0.25) is 9.55 Å². The van der Waals surface area contributed by atoms with Crippen molar-refractivity contribution in [3.05, 3.63) is 192 Å². The number of aromatic hydroxyl groups is 1. The SMILES string of the molecule is [2H]c1nc(-c2[c-]c(-c3cccc4c3nc(-c3cc(C(C)C)cc(C(C)C)c3O)n4-c3cc(C([2H])([2H])[2H])c(-c4ccccc4)cc3-c3ccc(C(C)(C)C)cc3)cc(C(C)(C)C)c2)c([2H])c(-c2c([2H])c([2H])c([2H])c([2H])c2[2H])c1[2H].[Pt]. The van der Waals surface area contributed by atoms with Gasteiger partial charge in [-0.05, 0) is 110 Å². The molecule has 0 amide bonds. The van der Waals surface area contributed by atoms with Crippen LogP contribution in [0.4, 0.5) is 0 Å². The molecule has 7 aromatic carbocycles. The zero-order valence-electron chi connectivity index (χ0n) is 51.2. The van der Waals surface area contributed by atoms with Crippen LogP contribution < -0.4 is 0 Å². The van der Waals surface area contributed by atoms with Crippen molar-refractivity contribution >= 4 is 11.0 Å². The molecule has 0 aliphatic carbocycles. The first-order chi connectivity index (χ1) is 36.5. The Bertz CT molecular complexity index is 3830. The molecule has 68 heavy (non-hydrogen) atoms. The third-order valence-electron chi connectivity index (χ3n) is 12.5. The standard InChI is InChI=1S/C63H62N3O.Pt/c1-39(2)46-35-52(40(3)4)60(67)55(36-46)61-65-59-51(47-32-48(34-50(33-47)63(9,10)11)56-37-45(29-30-64-56)42-19-14-12-15-20-42)23-18-24-57(59)66(61)58-31-41(5)53(43-21-16-13-17-22-43)38-54(58)44-25-27-49(28-26-44)62(6,7)8;/h12-31,33-40,67H,1-11H3;/q-1;/i5D3,12D,14D,15D,19D,20D,29D,30D,37D;. The van der Waals surface area contributed by atoms with Crippen LogP contribution in [0.5, 0.6) is 5.75 Å². The Morgan fingerprint density at radius 2 is 1.32 bits per heavy atom. The summed E-state index contributed by atoms with van der Waals surface area (Å²) in [5, 5.41) is 12.6. The number of aryl methyl sites for hydroxylation is 1. The van der Waals surface area contributed by atoms with E-state index in [0.717, 1.165) is 33.4 Å². The number of imidazole rings is 1. The summed E-state index contributed by atoms with van der Waals surface area (Å²) in [5.41, 5.74) is 8.38. The Kier molecular flexibility index (Phi) is 9.97. The number of benzene rings is 7. The Morgan fingerprint density at radius 1 is 0.632 bits per heavy atom. The van der Waals surface area contributed by atoms with Gasteiger partial charge in [0.2, 0.25) is 0 Å². The molecule has 0 saturated heterocycles. The summed E-state index contributed by atoms with van der Waals surface area (Å²) in [6, 6.07) is 34.3. The fraction of sp³-hybridized carbons (Fsp3) is 0.238. The summed E-state index contributed by atoms with van der Waals surface area (Å²) in [6.45, 7) is 18.2. The van der Waals surface area contributed by atoms with Gasteiger partial charge in [-0.15, -0.1) is 29.3 Å². The molecule has 0 radical (unpaired) electrons. The second-order valence-electron chi connectivity index (χ2n) is 20.0. The number of para-hydroxylation sites is 1. The van der Waals surface area contributed by atoms with Crippen molar-refractivity contribution in [1.29, 1.82) is 0 Å². The number of pyridine rings is 1. The van der Waals surface area contributed by atoms with Gasteiger partial charge in [-0.1, -0.05) is 189 Å². The van der Waals surface area contributed by atoms with Gasteiger partial charge in [0.15, 0.2) is 0 Å². The van der Waals surface area contributed by atoms with Gasteiger partial charge in [0.1, 0.15) is 11.6 Å². The summed E-state index contributed by atoms with van der Waals surface area (Å²) in [7, 11) is 0. The van der Waals surface area contributed by atoms with Crippen LogP contribution in [-0.2, 0) is 31.9 Å². The molecule has 0 aliphatic heterocycles. The number of hydrogen-bond acceptors (Lipinski definition) is 3. The average molecular weight is 1080 g/mol. The number of aromatic nitrogens is 3. The van der Waals surface area contributed by atoms with Crippen LogP contribution in [0.1, 0.15) is 124 Å². The van der Waals surface area contributed by atoms with Crippen molar-refractivity contribution in [1.82, 2.24) is 14.5 Å². The Balaban J connectivity index is 0.00000822. The molecule has 346 valence electrons. The second-order valence-corrected chi connectivity index (χ2v) is 20.0. The largest absolute Gasteiger partial charge is 0.507 e. The van der Waals surface area contributed by atoms with E-state index in [-0.39, 0.29) is 72.0 Å². The molecule has 0 spiro atoms. The molecule has 5 heteroatoms. The molecule has 9 aromatic rings. The van der Waals surface area contributed by atoms with Crippen LogP contribution in [0.3, 0.4) is 0 Å². The van der Waals surface area contributed by atoms with Crippen LogP contribution >= 0.6 is 0 Å². The van der Waals surface area contributed by atoms with E-state index >= 15 is 0 Å². The molecule has 2 heterocycles. The van der Waals surface area contributed by atoms with Crippen molar-refractivity contribution in [2.75, 3.05) is 0 Å². The minimum Gasteiger partial charge on any atom is -0.507 e. The molecule has 9 rings (SSSR count). The molecule has 0 saturated carbocycles. The van der Waals surface area contributed by atoms with E-state index in [1.54, 1.807) is 12.1 Å². The van der Waals surface area contributed by atoms with Gasteiger partial charge in [0.05, 0.1) is 33.3 Å². The summed E-state index contributed by atoms with van der Waals surface area (Å²) >= 11 is 0. The quantitative estimate of drug-likeness (QED) is 0.147. The maximum Gasteiger partial charge on any atom is 0.148 e. The van der Waals surface area contributed by atoms with Gasteiger partial charge in [-0.2, -0.15) is 0 Å². The molecule has 0 aliphatic rings. The summed E-state index contributed by atoms with van der Waals surface area (Å²) in [4.78, 5) is 9.98. The van der Waals surface area contributed by atoms with Crippen molar-refractivity contribution in [2.24, 2.45) is 0 Å². The van der Waals surface area contributed by atoms with Crippen LogP contribution in [0.2, 0.25) is 0 Å². The fourth-order valence-electron chi connectivity index (χ4n) is 8.60. The first-order valence-corrected chi connectivity index (χ1v) is 22.9. The predicted octanol–water partition coefficient (Wildman–Crippen LogP) is 17.1. The zero-order valence-corrected chi connectivity index (χ0v) is 42.4. The van der Waals surface area contributed by atoms with E-state index in [9.17, 15) is 6.48 Å². The monoisotopic (exact) mass is 1080 g/mol. The average Bonchev–Trinajstić information content (AvgIpc) is 3.81. The van der Waals surface area contributed by atoms with Crippen LogP contribution in [0, 0.1) is 12.9 Å². The number of fused-ring (bicyclic) bond motifs is 1. The molecule has 0 bridgehead atoms. The van der Waals surface area contributed by atoms with E-state index in [2.05, 4.69) is 69.9 Å². The van der Waals surface area contributed by atoms with Gasteiger partial charge in [0.25, 0.3) is 0 Å². The Hall–Kier alpha value is -6.35. The number of phenols is 1. The second kappa shape index (κ2) is 19.0. The van der Waals surface area contributed by atoms with E-state index in [1.165, 1.54) is 0 Å². The minimum atomic E-state index is -2.58. The number of hydrogen-bond donors (Lipinski definition) is 1. The van der Waals surface area contributed by atoms with Crippen molar-refractivity contribution in [3.63, 3.8) is 0 Å². The normalized spacial score (nSPS) is 14.4. The topological polar surface area (TPSA) is 50.9 Å². The van der Waals surface area contributed by atoms with Crippen molar-refractivity contribution in [2.45, 2.75) is 98.8 Å². The van der Waals surface area contributed by atoms with Crippen LogP contribution in [0.25, 0.3) is 83.9 Å². The first kappa shape index (κ1) is 35.7. The molecule has 4 nitrogen and oxygen atoms in total. The number of phenolic OH excluding ortho intramolecular Hbond substituents is 1. The van der Waals surface area contributed by atoms with Crippen molar-refractivity contribution in [3.8, 4) is 78.6 Å². The van der Waals surface area contributed by atoms with Gasteiger partial charge < -0.3 is 5.11 Å². The number of nitrogens with zero attached hydrogens (tertiary/aromatic N) is 3. The smallest absolute Gasteiger partial charge is 0.148 e. The maximum atomic E-state index is 12.6. The Labute approximate surface area is 433 Å². The first-order valence-electron chi connectivity index (χ1n) is 28.4. The summed E-state index contributed by atoms with van der Waals surface area (Å²) < 4.78 is 99.1. The molecular formula is C63H62N3OPt-. The molecule has 0 unspecified atom stereocenters. The van der Waals surface area contributed by atoms with Crippen LogP contribution in [0.15, 0.2) is 158 Å². The van der Waals surface area contributed by atoms with E-state index in [1.807, 2.05) is 112 Å². The van der Waals surface area contributed by atoms with Gasteiger partial charge in [-0.25, -0.2) is 4.98 Å². The molecule has 1 N–H and O–H groups in total. The number of rotatable bonds is 9.